The lowest BCUT2D eigenvalue weighted by atomic mass is 10.0. The highest BCUT2D eigenvalue weighted by molar-refractivity contribution is 6.14. The van der Waals surface area contributed by atoms with Gasteiger partial charge >= 0.3 is 0 Å². The van der Waals surface area contributed by atoms with Crippen LogP contribution in [0, 0.1) is 0 Å². The second-order valence-corrected chi connectivity index (χ2v) is 6.02. The smallest absolute Gasteiger partial charge is 0.228 e. The van der Waals surface area contributed by atoms with Gasteiger partial charge in [-0.25, -0.2) is 0 Å². The van der Waals surface area contributed by atoms with Crippen LogP contribution >= 0.6 is 0 Å². The van der Waals surface area contributed by atoms with Crippen molar-refractivity contribution in [2.24, 2.45) is 0 Å². The summed E-state index contributed by atoms with van der Waals surface area (Å²) in [5, 5.41) is 0.861. The first-order valence-corrected chi connectivity index (χ1v) is 8.34. The number of carbonyl (C=O) groups excluding carboxylic acids is 1. The molecule has 0 saturated carbocycles. The quantitative estimate of drug-likeness (QED) is 0.474. The number of carbonyl (C=O) groups is 1. The molecule has 0 aliphatic heterocycles. The SMILES string of the molecule is CCc1cc(C(=O)c2cc3cc(OC)ccc3o2)c2cccccc1-2. The summed E-state index contributed by atoms with van der Waals surface area (Å²) >= 11 is 0. The third-order valence-corrected chi connectivity index (χ3v) is 4.57. The topological polar surface area (TPSA) is 39.4 Å². The van der Waals surface area contributed by atoms with Gasteiger partial charge in [-0.15, -0.1) is 0 Å². The number of fused-ring (bicyclic) bond motifs is 2. The molecule has 0 spiro atoms. The number of hydrogen-bond donors (Lipinski definition) is 0. The highest BCUT2D eigenvalue weighted by Crippen LogP contribution is 2.34. The van der Waals surface area contributed by atoms with E-state index >= 15 is 0 Å². The van der Waals surface area contributed by atoms with Crippen molar-refractivity contribution in [1.29, 1.82) is 0 Å². The van der Waals surface area contributed by atoms with Crippen LogP contribution in [0.5, 0.6) is 5.75 Å². The number of methoxy groups -OCH3 is 1. The lowest BCUT2D eigenvalue weighted by molar-refractivity contribution is 0.101. The maximum Gasteiger partial charge on any atom is 0.228 e. The number of benzene rings is 1. The molecule has 0 fully saturated rings. The van der Waals surface area contributed by atoms with E-state index in [1.807, 2.05) is 48.5 Å². The average molecular weight is 330 g/mol. The highest BCUT2D eigenvalue weighted by atomic mass is 16.5. The van der Waals surface area contributed by atoms with Crippen LogP contribution in [0.4, 0.5) is 0 Å². The van der Waals surface area contributed by atoms with E-state index in [1.54, 1.807) is 13.2 Å². The van der Waals surface area contributed by atoms with Crippen molar-refractivity contribution in [3.63, 3.8) is 0 Å². The van der Waals surface area contributed by atoms with Gasteiger partial charge in [0.25, 0.3) is 0 Å². The summed E-state index contributed by atoms with van der Waals surface area (Å²) in [6.07, 6.45) is 0.880. The molecule has 0 unspecified atom stereocenters. The second kappa shape index (κ2) is 6.10. The Bertz CT molecular complexity index is 1040. The van der Waals surface area contributed by atoms with Gasteiger partial charge in [-0.05, 0) is 53.4 Å². The molecule has 4 rings (SSSR count). The van der Waals surface area contributed by atoms with Crippen molar-refractivity contribution in [3.8, 4) is 16.9 Å². The van der Waals surface area contributed by atoms with E-state index in [4.69, 9.17) is 9.15 Å². The predicted octanol–water partition coefficient (Wildman–Crippen LogP) is 5.34. The molecule has 0 N–H and O–H groups in total. The average Bonchev–Trinajstić information content (AvgIpc) is 3.13. The van der Waals surface area contributed by atoms with E-state index in [1.165, 1.54) is 5.56 Å². The lowest BCUT2D eigenvalue weighted by Crippen LogP contribution is -1.98. The van der Waals surface area contributed by atoms with Crippen LogP contribution in [-0.2, 0) is 6.42 Å². The molecular formula is C22H18O3. The Hall–Kier alpha value is -3.07. The molecule has 3 heteroatoms. The van der Waals surface area contributed by atoms with E-state index in [9.17, 15) is 4.79 Å². The number of ether oxygens (including phenoxy) is 1. The molecule has 1 aromatic carbocycles. The highest BCUT2D eigenvalue weighted by Gasteiger charge is 2.22. The van der Waals surface area contributed by atoms with E-state index in [-0.39, 0.29) is 5.78 Å². The van der Waals surface area contributed by atoms with Crippen molar-refractivity contribution in [3.05, 3.63) is 77.6 Å². The predicted molar refractivity (Wildman–Crippen MR) is 98.6 cm³/mol. The fraction of sp³-hybridized carbons (Fsp3) is 0.136. The molecule has 2 aliphatic rings. The fourth-order valence-corrected chi connectivity index (χ4v) is 3.27. The standard InChI is InChI=1S/C22H18O3/c1-3-14-12-19(18-8-6-4-5-7-17(14)18)22(23)21-13-15-11-16(24-2)9-10-20(15)25-21/h4-13H,3H2,1-2H3. The van der Waals surface area contributed by atoms with Gasteiger partial charge in [0.05, 0.1) is 7.11 Å². The van der Waals surface area contributed by atoms with Gasteiger partial charge in [-0.1, -0.05) is 37.3 Å². The number of furan rings is 1. The molecule has 0 atom stereocenters. The molecule has 25 heavy (non-hydrogen) atoms. The summed E-state index contributed by atoms with van der Waals surface area (Å²) in [5.41, 5.74) is 4.63. The maximum atomic E-state index is 13.1. The molecule has 0 bridgehead atoms. The van der Waals surface area contributed by atoms with Crippen molar-refractivity contribution >= 4 is 16.8 Å². The summed E-state index contributed by atoms with van der Waals surface area (Å²) in [4.78, 5) is 13.1. The van der Waals surface area contributed by atoms with Crippen LogP contribution < -0.4 is 4.74 Å². The lowest BCUT2D eigenvalue weighted by Gasteiger charge is -1.99. The number of aryl methyl sites for hydroxylation is 1. The first kappa shape index (κ1) is 15.5. The van der Waals surface area contributed by atoms with E-state index in [0.717, 1.165) is 28.7 Å². The van der Waals surface area contributed by atoms with Crippen LogP contribution in [0.15, 0.2) is 65.1 Å². The summed E-state index contributed by atoms with van der Waals surface area (Å²) in [6, 6.07) is 19.3. The Morgan fingerprint density at radius 1 is 1.00 bits per heavy atom. The maximum absolute atomic E-state index is 13.1. The van der Waals surface area contributed by atoms with Crippen molar-refractivity contribution < 1.29 is 13.9 Å². The van der Waals surface area contributed by atoms with Crippen LogP contribution in [-0.4, -0.2) is 12.9 Å². The molecule has 0 amide bonds. The molecule has 1 aromatic heterocycles. The monoisotopic (exact) mass is 330 g/mol. The van der Waals surface area contributed by atoms with Crippen LogP contribution in [0.25, 0.3) is 22.1 Å². The largest absolute Gasteiger partial charge is 0.497 e. The van der Waals surface area contributed by atoms with Crippen LogP contribution in [0.2, 0.25) is 0 Å². The van der Waals surface area contributed by atoms with Crippen molar-refractivity contribution in [2.75, 3.05) is 7.11 Å². The Morgan fingerprint density at radius 3 is 2.56 bits per heavy atom. The van der Waals surface area contributed by atoms with Crippen LogP contribution in [0.1, 0.15) is 28.6 Å². The molecule has 3 nitrogen and oxygen atoms in total. The Labute approximate surface area is 146 Å². The van der Waals surface area contributed by atoms with E-state index < -0.39 is 0 Å². The van der Waals surface area contributed by atoms with Crippen molar-refractivity contribution in [2.45, 2.75) is 13.3 Å². The minimum atomic E-state index is -0.0916. The van der Waals surface area contributed by atoms with Gasteiger partial charge in [-0.2, -0.15) is 0 Å². The molecule has 0 radical (unpaired) electrons. The summed E-state index contributed by atoms with van der Waals surface area (Å²) < 4.78 is 11.0. The molecule has 0 saturated heterocycles. The number of ketones is 1. The molecule has 1 heterocycles. The zero-order chi connectivity index (χ0) is 17.4. The van der Waals surface area contributed by atoms with Gasteiger partial charge in [0.15, 0.2) is 5.76 Å². The minimum absolute atomic E-state index is 0.0916. The van der Waals surface area contributed by atoms with Crippen molar-refractivity contribution in [1.82, 2.24) is 0 Å². The van der Waals surface area contributed by atoms with E-state index in [0.29, 0.717) is 16.9 Å². The van der Waals surface area contributed by atoms with Gasteiger partial charge in [-0.3, -0.25) is 4.79 Å². The minimum Gasteiger partial charge on any atom is -0.497 e. The third kappa shape index (κ3) is 2.58. The first-order valence-electron chi connectivity index (χ1n) is 8.34. The Balaban J connectivity index is 1.83. The second-order valence-electron chi connectivity index (χ2n) is 6.02. The molecule has 124 valence electrons. The molecular weight excluding hydrogens is 312 g/mol. The van der Waals surface area contributed by atoms with Gasteiger partial charge in [0, 0.05) is 10.9 Å². The van der Waals surface area contributed by atoms with Crippen LogP contribution in [0.3, 0.4) is 0 Å². The van der Waals surface area contributed by atoms with Gasteiger partial charge in [0.1, 0.15) is 11.3 Å². The first-order chi connectivity index (χ1) is 12.2. The Kier molecular flexibility index (Phi) is 3.77. The third-order valence-electron chi connectivity index (χ3n) is 4.57. The molecule has 2 aromatic rings. The fourth-order valence-electron chi connectivity index (χ4n) is 3.27. The number of rotatable bonds is 4. The normalized spacial score (nSPS) is 11.1. The zero-order valence-electron chi connectivity index (χ0n) is 14.2. The summed E-state index contributed by atoms with van der Waals surface area (Å²) in [5.74, 6) is 1.00. The molecule has 2 aliphatic carbocycles. The van der Waals surface area contributed by atoms with Gasteiger partial charge < -0.3 is 9.15 Å². The van der Waals surface area contributed by atoms with E-state index in [2.05, 4.69) is 13.0 Å². The van der Waals surface area contributed by atoms with Gasteiger partial charge in [0.2, 0.25) is 5.78 Å². The Morgan fingerprint density at radius 2 is 1.80 bits per heavy atom. The number of hydrogen-bond acceptors (Lipinski definition) is 3. The summed E-state index contributed by atoms with van der Waals surface area (Å²) in [6.45, 7) is 2.10. The zero-order valence-corrected chi connectivity index (χ0v) is 14.2. The summed E-state index contributed by atoms with van der Waals surface area (Å²) in [7, 11) is 1.62.